The van der Waals surface area contributed by atoms with Crippen molar-refractivity contribution in [3.8, 4) is 28.7 Å². The van der Waals surface area contributed by atoms with Crippen molar-refractivity contribution in [2.45, 2.75) is 13.0 Å². The van der Waals surface area contributed by atoms with Gasteiger partial charge in [-0.15, -0.1) is 0 Å². The molecule has 2 N–H and O–H groups in total. The van der Waals surface area contributed by atoms with Gasteiger partial charge >= 0.3 is 0 Å². The number of methoxy groups -OCH3 is 3. The number of benzene rings is 3. The number of amides is 1. The molecule has 1 aliphatic heterocycles. The summed E-state index contributed by atoms with van der Waals surface area (Å²) in [4.78, 5) is 27.9. The molecule has 1 unspecified atom stereocenters. The lowest BCUT2D eigenvalue weighted by atomic mass is 9.94. The molecule has 1 heterocycles. The van der Waals surface area contributed by atoms with Crippen molar-refractivity contribution < 1.29 is 38.7 Å². The Morgan fingerprint density at radius 3 is 2.08 bits per heavy atom. The summed E-state index contributed by atoms with van der Waals surface area (Å²) in [6, 6.07) is 14.7. The summed E-state index contributed by atoms with van der Waals surface area (Å²) in [5, 5.41) is 21.9. The molecular formula is C28H27NO8. The highest BCUT2D eigenvalue weighted by Gasteiger charge is 2.48. The van der Waals surface area contributed by atoms with Gasteiger partial charge in [0, 0.05) is 5.56 Å². The normalized spacial score (nSPS) is 16.5. The van der Waals surface area contributed by atoms with E-state index in [1.807, 2.05) is 6.92 Å². The van der Waals surface area contributed by atoms with E-state index >= 15 is 0 Å². The predicted molar refractivity (Wildman–Crippen MR) is 137 cm³/mol. The second-order valence-corrected chi connectivity index (χ2v) is 8.07. The van der Waals surface area contributed by atoms with Crippen LogP contribution in [0.25, 0.3) is 5.76 Å². The molecule has 4 rings (SSSR count). The molecule has 9 heteroatoms. The standard InChI is InChI=1S/C28H27NO8/c1-5-37-18-12-10-16(11-13-18)25(31)23-24(17-14-21(34-2)27(36-4)22(15-17)35-3)29(28(33)26(23)32)19-8-6-7-9-20(19)30/h6-15,24,30-31H,5H2,1-4H3/b25-23+. The van der Waals surface area contributed by atoms with Gasteiger partial charge in [0.25, 0.3) is 11.7 Å². The smallest absolute Gasteiger partial charge is 0.300 e. The number of hydrogen-bond donors (Lipinski definition) is 2. The van der Waals surface area contributed by atoms with Gasteiger partial charge in [0.1, 0.15) is 17.3 Å². The molecule has 9 nitrogen and oxygen atoms in total. The van der Waals surface area contributed by atoms with Crippen LogP contribution in [0.1, 0.15) is 24.1 Å². The van der Waals surface area contributed by atoms with E-state index in [2.05, 4.69) is 0 Å². The Labute approximate surface area is 214 Å². The lowest BCUT2D eigenvalue weighted by Gasteiger charge is -2.27. The van der Waals surface area contributed by atoms with Crippen molar-refractivity contribution in [1.29, 1.82) is 0 Å². The van der Waals surface area contributed by atoms with Crippen molar-refractivity contribution >= 4 is 23.1 Å². The van der Waals surface area contributed by atoms with Crippen LogP contribution in [-0.4, -0.2) is 49.8 Å². The molecule has 0 bridgehead atoms. The zero-order chi connectivity index (χ0) is 26.7. The first-order valence-electron chi connectivity index (χ1n) is 11.5. The Hall–Kier alpha value is -4.66. The van der Waals surface area contributed by atoms with Crippen LogP contribution in [0.3, 0.4) is 0 Å². The number of aliphatic hydroxyl groups excluding tert-OH is 1. The van der Waals surface area contributed by atoms with Crippen molar-refractivity contribution in [2.24, 2.45) is 0 Å². The zero-order valence-corrected chi connectivity index (χ0v) is 20.8. The van der Waals surface area contributed by atoms with E-state index in [1.165, 1.54) is 33.5 Å². The molecular weight excluding hydrogens is 478 g/mol. The third kappa shape index (κ3) is 4.51. The third-order valence-corrected chi connectivity index (χ3v) is 6.03. The molecule has 1 saturated heterocycles. The van der Waals surface area contributed by atoms with Gasteiger partial charge in [-0.25, -0.2) is 0 Å². The number of aliphatic hydroxyl groups is 1. The SMILES string of the molecule is CCOc1ccc(/C(O)=C2\C(=O)C(=O)N(c3ccccc3O)C2c2cc(OC)c(OC)c(OC)c2)cc1. The second kappa shape index (κ2) is 10.5. The Bertz CT molecular complexity index is 1340. The maximum atomic E-state index is 13.4. The first-order chi connectivity index (χ1) is 17.9. The van der Waals surface area contributed by atoms with Crippen LogP contribution in [0.2, 0.25) is 0 Å². The summed E-state index contributed by atoms with van der Waals surface area (Å²) in [6.07, 6.45) is 0. The summed E-state index contributed by atoms with van der Waals surface area (Å²) in [7, 11) is 4.35. The molecule has 37 heavy (non-hydrogen) atoms. The number of rotatable bonds is 8. The molecule has 192 valence electrons. The highest BCUT2D eigenvalue weighted by atomic mass is 16.5. The van der Waals surface area contributed by atoms with E-state index in [0.29, 0.717) is 40.7 Å². The van der Waals surface area contributed by atoms with Crippen LogP contribution in [0.5, 0.6) is 28.7 Å². The summed E-state index contributed by atoms with van der Waals surface area (Å²) < 4.78 is 21.8. The Morgan fingerprint density at radius 2 is 1.54 bits per heavy atom. The van der Waals surface area contributed by atoms with Gasteiger partial charge < -0.3 is 29.2 Å². The van der Waals surface area contributed by atoms with Gasteiger partial charge in [-0.05, 0) is 61.0 Å². The number of phenols is 1. The summed E-state index contributed by atoms with van der Waals surface area (Å²) in [5.41, 5.74) is 0.654. The molecule has 0 radical (unpaired) electrons. The molecule has 0 spiro atoms. The Morgan fingerprint density at radius 1 is 0.919 bits per heavy atom. The van der Waals surface area contributed by atoms with Gasteiger partial charge in [0.2, 0.25) is 5.75 Å². The number of carbonyl (C=O) groups excluding carboxylic acids is 2. The first kappa shape index (κ1) is 25.4. The number of nitrogens with zero attached hydrogens (tertiary/aromatic N) is 1. The van der Waals surface area contributed by atoms with Crippen LogP contribution in [0, 0.1) is 0 Å². The maximum absolute atomic E-state index is 13.4. The highest BCUT2D eigenvalue weighted by molar-refractivity contribution is 6.52. The fourth-order valence-corrected chi connectivity index (χ4v) is 4.35. The average molecular weight is 506 g/mol. The number of para-hydroxylation sites is 2. The van der Waals surface area contributed by atoms with E-state index < -0.39 is 17.7 Å². The number of phenolic OH excluding ortho intramolecular Hbond substituents is 1. The summed E-state index contributed by atoms with van der Waals surface area (Å²) >= 11 is 0. The van der Waals surface area contributed by atoms with E-state index in [-0.39, 0.29) is 22.8 Å². The van der Waals surface area contributed by atoms with Gasteiger partial charge in [-0.2, -0.15) is 0 Å². The third-order valence-electron chi connectivity index (χ3n) is 6.03. The van der Waals surface area contributed by atoms with Crippen molar-refractivity contribution in [2.75, 3.05) is 32.8 Å². The van der Waals surface area contributed by atoms with Crippen molar-refractivity contribution in [3.63, 3.8) is 0 Å². The number of ketones is 1. The predicted octanol–water partition coefficient (Wildman–Crippen LogP) is 4.44. The van der Waals surface area contributed by atoms with Gasteiger partial charge in [-0.1, -0.05) is 12.1 Å². The minimum absolute atomic E-state index is 0.106. The van der Waals surface area contributed by atoms with E-state index in [9.17, 15) is 19.8 Å². The van der Waals surface area contributed by atoms with Crippen LogP contribution in [-0.2, 0) is 9.59 Å². The minimum atomic E-state index is -1.12. The number of hydrogen-bond acceptors (Lipinski definition) is 8. The summed E-state index contributed by atoms with van der Waals surface area (Å²) in [5.74, 6) is -0.904. The van der Waals surface area contributed by atoms with Crippen LogP contribution >= 0.6 is 0 Å². The van der Waals surface area contributed by atoms with E-state index in [0.717, 1.165) is 4.90 Å². The maximum Gasteiger partial charge on any atom is 0.300 e. The topological polar surface area (TPSA) is 115 Å². The number of Topliss-reactive ketones (excluding diaryl/α,β-unsaturated/α-hetero) is 1. The molecule has 3 aromatic carbocycles. The van der Waals surface area contributed by atoms with Gasteiger partial charge in [0.05, 0.1) is 45.2 Å². The molecule has 1 fully saturated rings. The number of aromatic hydroxyl groups is 1. The lowest BCUT2D eigenvalue weighted by Crippen LogP contribution is -2.29. The second-order valence-electron chi connectivity index (χ2n) is 8.07. The number of carbonyl (C=O) groups is 2. The van der Waals surface area contributed by atoms with Crippen LogP contribution < -0.4 is 23.8 Å². The quantitative estimate of drug-likeness (QED) is 0.262. The average Bonchev–Trinajstić information content (AvgIpc) is 3.18. The molecule has 3 aromatic rings. The molecule has 0 saturated carbocycles. The fourth-order valence-electron chi connectivity index (χ4n) is 4.35. The first-order valence-corrected chi connectivity index (χ1v) is 11.5. The van der Waals surface area contributed by atoms with E-state index in [4.69, 9.17) is 18.9 Å². The highest BCUT2D eigenvalue weighted by Crippen LogP contribution is 2.48. The number of ether oxygens (including phenoxy) is 4. The van der Waals surface area contributed by atoms with Gasteiger partial charge in [0.15, 0.2) is 11.5 Å². The molecule has 0 aliphatic carbocycles. The number of anilines is 1. The molecule has 1 atom stereocenters. The Balaban J connectivity index is 1.99. The molecule has 0 aromatic heterocycles. The van der Waals surface area contributed by atoms with Crippen molar-refractivity contribution in [3.05, 3.63) is 77.4 Å². The van der Waals surface area contributed by atoms with E-state index in [1.54, 1.807) is 48.5 Å². The molecule has 1 aliphatic rings. The van der Waals surface area contributed by atoms with Gasteiger partial charge in [-0.3, -0.25) is 14.5 Å². The lowest BCUT2D eigenvalue weighted by molar-refractivity contribution is -0.132. The van der Waals surface area contributed by atoms with Crippen LogP contribution in [0.15, 0.2) is 66.2 Å². The Kier molecular flexibility index (Phi) is 7.24. The van der Waals surface area contributed by atoms with Crippen molar-refractivity contribution in [1.82, 2.24) is 0 Å². The fraction of sp³-hybridized carbons (Fsp3) is 0.214. The minimum Gasteiger partial charge on any atom is -0.507 e. The monoisotopic (exact) mass is 505 g/mol. The largest absolute Gasteiger partial charge is 0.507 e. The zero-order valence-electron chi connectivity index (χ0n) is 20.8. The molecule has 1 amide bonds. The van der Waals surface area contributed by atoms with Crippen LogP contribution in [0.4, 0.5) is 5.69 Å². The summed E-state index contributed by atoms with van der Waals surface area (Å²) in [6.45, 7) is 2.32.